The molecule has 0 unspecified atom stereocenters. The van der Waals surface area contributed by atoms with Crippen molar-refractivity contribution in [2.45, 2.75) is 32.4 Å². The predicted octanol–water partition coefficient (Wildman–Crippen LogP) is 1.86. The maximum absolute atomic E-state index is 12.7. The molecule has 27 heavy (non-hydrogen) atoms. The van der Waals surface area contributed by atoms with Crippen LogP contribution in [0.4, 0.5) is 0 Å². The first-order valence-corrected chi connectivity index (χ1v) is 10.1. The van der Waals surface area contributed by atoms with Crippen molar-refractivity contribution in [2.24, 2.45) is 5.92 Å². The Morgan fingerprint density at radius 3 is 2.33 bits per heavy atom. The molecule has 0 spiro atoms. The normalized spacial score (nSPS) is 12.8. The molecule has 0 bridgehead atoms. The van der Waals surface area contributed by atoms with Crippen molar-refractivity contribution < 1.29 is 23.9 Å². The molecule has 0 aromatic heterocycles. The minimum Gasteiger partial charge on any atom is -0.496 e. The van der Waals surface area contributed by atoms with Gasteiger partial charge in [-0.15, -0.1) is 0 Å². The summed E-state index contributed by atoms with van der Waals surface area (Å²) in [5.74, 6) is -0.409. The van der Waals surface area contributed by atoms with Gasteiger partial charge in [-0.05, 0) is 36.5 Å². The summed E-state index contributed by atoms with van der Waals surface area (Å²) in [7, 11) is 2.76. The number of carbonyl (C=O) groups excluding carboxylic acids is 3. The Morgan fingerprint density at radius 1 is 1.11 bits per heavy atom. The number of benzene rings is 1. The second kappa shape index (κ2) is 11.5. The molecule has 0 heterocycles. The Kier molecular flexibility index (Phi) is 9.71. The summed E-state index contributed by atoms with van der Waals surface area (Å²) in [5, 5.41) is 5.43. The second-order valence-electron chi connectivity index (χ2n) is 6.26. The van der Waals surface area contributed by atoms with Crippen LogP contribution in [-0.4, -0.2) is 56.1 Å². The van der Waals surface area contributed by atoms with E-state index in [2.05, 4.69) is 10.6 Å². The summed E-state index contributed by atoms with van der Waals surface area (Å²) in [6.07, 6.45) is 2.37. The zero-order valence-electron chi connectivity index (χ0n) is 16.4. The first-order valence-electron chi connectivity index (χ1n) is 8.66. The quantitative estimate of drug-likeness (QED) is 0.587. The lowest BCUT2D eigenvalue weighted by molar-refractivity contribution is -0.145. The standard InChI is InChI=1S/C19H28N2O5S/c1-12(2)16(18(23)20-14(10-11-27-5)19(24)26-4)21-17(22)13-8-6-7-9-15(13)25-3/h6-9,12,14,16H,10-11H2,1-5H3,(H,20,23)(H,21,22)/t14-,16-/m0/s1. The molecule has 0 fully saturated rings. The molecule has 2 N–H and O–H groups in total. The lowest BCUT2D eigenvalue weighted by Gasteiger charge is -2.25. The zero-order valence-corrected chi connectivity index (χ0v) is 17.2. The SMILES string of the molecule is COC(=O)[C@H](CCSC)NC(=O)[C@@H](NC(=O)c1ccccc1OC)C(C)C. The van der Waals surface area contributed by atoms with Crippen molar-refractivity contribution >= 4 is 29.5 Å². The van der Waals surface area contributed by atoms with Crippen LogP contribution in [-0.2, 0) is 14.3 Å². The Morgan fingerprint density at radius 2 is 1.78 bits per heavy atom. The molecule has 1 aromatic carbocycles. The topological polar surface area (TPSA) is 93.7 Å². The molecule has 0 aliphatic carbocycles. The Hall–Kier alpha value is -2.22. The lowest BCUT2D eigenvalue weighted by atomic mass is 10.0. The third kappa shape index (κ3) is 6.78. The van der Waals surface area contributed by atoms with E-state index in [1.165, 1.54) is 14.2 Å². The smallest absolute Gasteiger partial charge is 0.328 e. The number of hydrogen-bond donors (Lipinski definition) is 2. The molecule has 0 radical (unpaired) electrons. The van der Waals surface area contributed by atoms with E-state index < -0.39 is 29.9 Å². The van der Waals surface area contributed by atoms with Crippen LogP contribution in [0.1, 0.15) is 30.6 Å². The summed E-state index contributed by atoms with van der Waals surface area (Å²) in [4.78, 5) is 37.3. The number of ether oxygens (including phenoxy) is 2. The molecule has 150 valence electrons. The van der Waals surface area contributed by atoms with Crippen molar-refractivity contribution in [1.82, 2.24) is 10.6 Å². The zero-order chi connectivity index (χ0) is 20.4. The number of rotatable bonds is 10. The van der Waals surface area contributed by atoms with Gasteiger partial charge >= 0.3 is 5.97 Å². The number of para-hydroxylation sites is 1. The molecular weight excluding hydrogens is 368 g/mol. The van der Waals surface area contributed by atoms with Crippen molar-refractivity contribution in [3.63, 3.8) is 0 Å². The molecule has 0 saturated carbocycles. The highest BCUT2D eigenvalue weighted by atomic mass is 32.2. The number of methoxy groups -OCH3 is 2. The summed E-state index contributed by atoms with van der Waals surface area (Å²) in [6, 6.07) is 5.23. The largest absolute Gasteiger partial charge is 0.496 e. The van der Waals surface area contributed by atoms with Crippen LogP contribution in [0.15, 0.2) is 24.3 Å². The van der Waals surface area contributed by atoms with E-state index >= 15 is 0 Å². The minimum atomic E-state index is -0.802. The van der Waals surface area contributed by atoms with Crippen molar-refractivity contribution in [1.29, 1.82) is 0 Å². The van der Waals surface area contributed by atoms with Crippen LogP contribution in [0.3, 0.4) is 0 Å². The first-order chi connectivity index (χ1) is 12.8. The van der Waals surface area contributed by atoms with E-state index in [4.69, 9.17) is 9.47 Å². The molecule has 7 nitrogen and oxygen atoms in total. The Bertz CT molecular complexity index is 651. The van der Waals surface area contributed by atoms with Crippen LogP contribution in [0.25, 0.3) is 0 Å². The highest BCUT2D eigenvalue weighted by Gasteiger charge is 2.29. The van der Waals surface area contributed by atoms with Crippen LogP contribution in [0.5, 0.6) is 5.75 Å². The van der Waals surface area contributed by atoms with Gasteiger partial charge in [0, 0.05) is 0 Å². The van der Waals surface area contributed by atoms with Gasteiger partial charge in [0.15, 0.2) is 0 Å². The fourth-order valence-corrected chi connectivity index (χ4v) is 2.95. The minimum absolute atomic E-state index is 0.178. The van der Waals surface area contributed by atoms with Crippen LogP contribution < -0.4 is 15.4 Å². The van der Waals surface area contributed by atoms with E-state index in [0.717, 1.165) is 0 Å². The maximum Gasteiger partial charge on any atom is 0.328 e. The van der Waals surface area contributed by atoms with Gasteiger partial charge in [0.1, 0.15) is 17.8 Å². The second-order valence-corrected chi connectivity index (χ2v) is 7.25. The molecule has 8 heteroatoms. The molecular formula is C19H28N2O5S. The fraction of sp³-hybridized carbons (Fsp3) is 0.526. The van der Waals surface area contributed by atoms with Gasteiger partial charge in [-0.1, -0.05) is 26.0 Å². The Balaban J connectivity index is 2.91. The molecule has 2 atom stereocenters. The summed E-state index contributed by atoms with van der Waals surface area (Å²) >= 11 is 1.57. The molecule has 0 saturated heterocycles. The van der Waals surface area contributed by atoms with E-state index in [0.29, 0.717) is 23.5 Å². The van der Waals surface area contributed by atoms with Crippen molar-refractivity contribution in [3.05, 3.63) is 29.8 Å². The third-order valence-electron chi connectivity index (χ3n) is 4.00. The van der Waals surface area contributed by atoms with Gasteiger partial charge in [0.25, 0.3) is 5.91 Å². The van der Waals surface area contributed by atoms with Crippen LogP contribution in [0.2, 0.25) is 0 Å². The molecule has 2 amide bonds. The number of thioether (sulfide) groups is 1. The monoisotopic (exact) mass is 396 g/mol. The number of hydrogen-bond acceptors (Lipinski definition) is 6. The lowest BCUT2D eigenvalue weighted by Crippen LogP contribution is -2.54. The van der Waals surface area contributed by atoms with Gasteiger partial charge in [0.2, 0.25) is 5.91 Å². The van der Waals surface area contributed by atoms with E-state index in [1.54, 1.807) is 36.0 Å². The molecule has 0 aliphatic rings. The average Bonchev–Trinajstić information content (AvgIpc) is 2.67. The summed E-state index contributed by atoms with van der Waals surface area (Å²) in [5.41, 5.74) is 0.338. The van der Waals surface area contributed by atoms with Gasteiger partial charge in [-0.3, -0.25) is 9.59 Å². The van der Waals surface area contributed by atoms with Crippen LogP contribution >= 0.6 is 11.8 Å². The first kappa shape index (κ1) is 22.8. The van der Waals surface area contributed by atoms with Gasteiger partial charge in [0.05, 0.1) is 19.8 Å². The van der Waals surface area contributed by atoms with Gasteiger partial charge in [-0.2, -0.15) is 11.8 Å². The predicted molar refractivity (Wildman–Crippen MR) is 106 cm³/mol. The number of amides is 2. The van der Waals surface area contributed by atoms with Crippen molar-refractivity contribution in [2.75, 3.05) is 26.2 Å². The van der Waals surface area contributed by atoms with Gasteiger partial charge < -0.3 is 20.1 Å². The molecule has 1 rings (SSSR count). The fourth-order valence-electron chi connectivity index (χ4n) is 2.47. The number of esters is 1. The van der Waals surface area contributed by atoms with E-state index in [-0.39, 0.29) is 5.92 Å². The Labute approximate surface area is 164 Å². The van der Waals surface area contributed by atoms with Gasteiger partial charge in [-0.25, -0.2) is 4.79 Å². The summed E-state index contributed by atoms with van der Waals surface area (Å²) < 4.78 is 9.96. The maximum atomic E-state index is 12.7. The molecule has 1 aromatic rings. The van der Waals surface area contributed by atoms with E-state index in [9.17, 15) is 14.4 Å². The average molecular weight is 397 g/mol. The van der Waals surface area contributed by atoms with Crippen LogP contribution in [0, 0.1) is 5.92 Å². The van der Waals surface area contributed by atoms with Crippen molar-refractivity contribution in [3.8, 4) is 5.75 Å². The highest BCUT2D eigenvalue weighted by Crippen LogP contribution is 2.17. The number of nitrogens with one attached hydrogen (secondary N) is 2. The molecule has 0 aliphatic heterocycles. The highest BCUT2D eigenvalue weighted by molar-refractivity contribution is 7.98. The third-order valence-corrected chi connectivity index (χ3v) is 4.64. The van der Waals surface area contributed by atoms with E-state index in [1.807, 2.05) is 20.1 Å². The summed E-state index contributed by atoms with van der Waals surface area (Å²) in [6.45, 7) is 3.64. The number of carbonyl (C=O) groups is 3.